The molecule has 8 heteroatoms. The Hall–Kier alpha value is -3.91. The van der Waals surface area contributed by atoms with Gasteiger partial charge < -0.3 is 14.4 Å². The van der Waals surface area contributed by atoms with E-state index in [4.69, 9.17) is 5.21 Å². The van der Waals surface area contributed by atoms with Gasteiger partial charge in [-0.05, 0) is 48.4 Å². The fourth-order valence-electron chi connectivity index (χ4n) is 4.33. The number of benzene rings is 1. The van der Waals surface area contributed by atoms with Crippen LogP contribution in [0, 0.1) is 6.92 Å². The molecule has 0 bridgehead atoms. The van der Waals surface area contributed by atoms with Gasteiger partial charge in [0.25, 0.3) is 5.91 Å². The summed E-state index contributed by atoms with van der Waals surface area (Å²) in [6.45, 7) is 6.40. The molecule has 0 atom stereocenters. The fourth-order valence-corrected chi connectivity index (χ4v) is 4.33. The van der Waals surface area contributed by atoms with Crippen LogP contribution in [0.1, 0.15) is 21.5 Å². The number of aromatic nitrogens is 3. The van der Waals surface area contributed by atoms with E-state index in [-0.39, 0.29) is 0 Å². The SMILES string of the molecule is Cc1ccc(N2CCN(c3ccnc4c3ccn4Cc3ccc(C(=O)NO)cc3)CC2)nc1. The Labute approximate surface area is 192 Å². The maximum absolute atomic E-state index is 11.5. The van der Waals surface area contributed by atoms with Gasteiger partial charge in [0.05, 0.1) is 0 Å². The van der Waals surface area contributed by atoms with Gasteiger partial charge in [0.1, 0.15) is 11.5 Å². The van der Waals surface area contributed by atoms with Crippen molar-refractivity contribution in [1.29, 1.82) is 0 Å². The standard InChI is InChI=1S/C25H26N6O2/c1-18-2-7-23(27-16-18)30-14-12-29(13-15-30)22-8-10-26-24-21(22)9-11-31(24)17-19-3-5-20(6-4-19)25(32)28-33/h2-11,16,33H,12-15,17H2,1H3,(H,28,32). The van der Waals surface area contributed by atoms with Crippen molar-refractivity contribution < 1.29 is 10.0 Å². The highest BCUT2D eigenvalue weighted by atomic mass is 16.5. The number of nitrogens with zero attached hydrogens (tertiary/aromatic N) is 5. The molecule has 1 aliphatic heterocycles. The molecule has 0 unspecified atom stereocenters. The van der Waals surface area contributed by atoms with Gasteiger partial charge in [-0.25, -0.2) is 15.4 Å². The van der Waals surface area contributed by atoms with E-state index in [9.17, 15) is 4.79 Å². The lowest BCUT2D eigenvalue weighted by Gasteiger charge is -2.37. The highest BCUT2D eigenvalue weighted by Crippen LogP contribution is 2.28. The molecule has 1 saturated heterocycles. The Morgan fingerprint density at radius 2 is 1.73 bits per heavy atom. The van der Waals surface area contributed by atoms with E-state index in [2.05, 4.69) is 61.7 Å². The first kappa shape index (κ1) is 21.0. The molecule has 0 radical (unpaired) electrons. The van der Waals surface area contributed by atoms with Gasteiger partial charge in [-0.3, -0.25) is 10.0 Å². The largest absolute Gasteiger partial charge is 0.367 e. The van der Waals surface area contributed by atoms with Crippen LogP contribution in [0.3, 0.4) is 0 Å². The first-order valence-electron chi connectivity index (χ1n) is 11.0. The predicted molar refractivity (Wildman–Crippen MR) is 128 cm³/mol. The monoisotopic (exact) mass is 442 g/mol. The number of nitrogens with one attached hydrogen (secondary N) is 1. The van der Waals surface area contributed by atoms with Gasteiger partial charge in [0.15, 0.2) is 0 Å². The van der Waals surface area contributed by atoms with Crippen molar-refractivity contribution in [2.24, 2.45) is 0 Å². The summed E-state index contributed by atoms with van der Waals surface area (Å²) in [7, 11) is 0. The molecule has 1 aromatic carbocycles. The molecule has 33 heavy (non-hydrogen) atoms. The number of rotatable bonds is 5. The molecule has 1 aliphatic rings. The highest BCUT2D eigenvalue weighted by molar-refractivity contribution is 5.93. The molecule has 0 saturated carbocycles. The number of hydrogen-bond acceptors (Lipinski definition) is 6. The summed E-state index contributed by atoms with van der Waals surface area (Å²) in [4.78, 5) is 25.5. The first-order chi connectivity index (χ1) is 16.1. The normalized spacial score (nSPS) is 14.0. The molecule has 5 rings (SSSR count). The zero-order chi connectivity index (χ0) is 22.8. The summed E-state index contributed by atoms with van der Waals surface area (Å²) in [5.74, 6) is 0.520. The third-order valence-corrected chi connectivity index (χ3v) is 6.15. The third kappa shape index (κ3) is 4.25. The van der Waals surface area contributed by atoms with Gasteiger partial charge >= 0.3 is 0 Å². The van der Waals surface area contributed by atoms with Crippen molar-refractivity contribution in [2.45, 2.75) is 13.5 Å². The van der Waals surface area contributed by atoms with Crippen LogP contribution < -0.4 is 15.3 Å². The maximum atomic E-state index is 11.5. The molecule has 8 nitrogen and oxygen atoms in total. The lowest BCUT2D eigenvalue weighted by molar-refractivity contribution is 0.0706. The van der Waals surface area contributed by atoms with Crippen molar-refractivity contribution in [3.8, 4) is 0 Å². The average molecular weight is 443 g/mol. The number of hydroxylamine groups is 1. The van der Waals surface area contributed by atoms with Crippen molar-refractivity contribution >= 4 is 28.4 Å². The quantitative estimate of drug-likeness (QED) is 0.365. The fraction of sp³-hybridized carbons (Fsp3) is 0.240. The summed E-state index contributed by atoms with van der Waals surface area (Å²) in [6.07, 6.45) is 5.85. The summed E-state index contributed by atoms with van der Waals surface area (Å²) in [6, 6.07) is 15.6. The molecule has 4 heterocycles. The molecular weight excluding hydrogens is 416 g/mol. The van der Waals surface area contributed by atoms with Gasteiger partial charge in [0.2, 0.25) is 0 Å². The van der Waals surface area contributed by atoms with Crippen LogP contribution in [-0.4, -0.2) is 51.8 Å². The number of piperazine rings is 1. The van der Waals surface area contributed by atoms with Gasteiger partial charge in [-0.1, -0.05) is 18.2 Å². The highest BCUT2D eigenvalue weighted by Gasteiger charge is 2.20. The first-order valence-corrected chi connectivity index (χ1v) is 11.0. The van der Waals surface area contributed by atoms with Crippen molar-refractivity contribution in [1.82, 2.24) is 20.0 Å². The number of carbonyl (C=O) groups excluding carboxylic acids is 1. The van der Waals surface area contributed by atoms with E-state index in [0.29, 0.717) is 12.1 Å². The van der Waals surface area contributed by atoms with Gasteiger partial charge in [-0.15, -0.1) is 0 Å². The minimum Gasteiger partial charge on any atom is -0.367 e. The molecule has 0 aliphatic carbocycles. The second-order valence-electron chi connectivity index (χ2n) is 8.32. The number of amides is 1. The van der Waals surface area contributed by atoms with Crippen LogP contribution in [-0.2, 0) is 6.54 Å². The van der Waals surface area contributed by atoms with E-state index < -0.39 is 5.91 Å². The topological polar surface area (TPSA) is 86.5 Å². The molecule has 1 amide bonds. The number of pyridine rings is 2. The summed E-state index contributed by atoms with van der Waals surface area (Å²) < 4.78 is 2.12. The van der Waals surface area contributed by atoms with Crippen molar-refractivity contribution in [2.75, 3.05) is 36.0 Å². The number of anilines is 2. The Kier molecular flexibility index (Phi) is 5.66. The zero-order valence-electron chi connectivity index (χ0n) is 18.5. The van der Waals surface area contributed by atoms with Crippen LogP contribution in [0.25, 0.3) is 11.0 Å². The number of fused-ring (bicyclic) bond motifs is 1. The van der Waals surface area contributed by atoms with Crippen LogP contribution in [0.5, 0.6) is 0 Å². The molecule has 4 aromatic rings. The van der Waals surface area contributed by atoms with E-state index in [1.165, 1.54) is 11.3 Å². The summed E-state index contributed by atoms with van der Waals surface area (Å²) >= 11 is 0. The van der Waals surface area contributed by atoms with Crippen LogP contribution in [0.2, 0.25) is 0 Å². The third-order valence-electron chi connectivity index (χ3n) is 6.15. The molecule has 0 spiro atoms. The lowest BCUT2D eigenvalue weighted by atomic mass is 10.1. The summed E-state index contributed by atoms with van der Waals surface area (Å²) in [5.41, 5.74) is 6.43. The number of carbonyl (C=O) groups is 1. The number of hydrogen-bond donors (Lipinski definition) is 2. The molecule has 1 fully saturated rings. The minimum absolute atomic E-state index is 0.416. The minimum atomic E-state index is -0.516. The molecule has 2 N–H and O–H groups in total. The molecular formula is C25H26N6O2. The Balaban J connectivity index is 1.32. The van der Waals surface area contributed by atoms with Gasteiger partial charge in [-0.2, -0.15) is 0 Å². The Morgan fingerprint density at radius 1 is 0.970 bits per heavy atom. The van der Waals surface area contributed by atoms with Crippen molar-refractivity contribution in [3.05, 3.63) is 83.8 Å². The second kappa shape index (κ2) is 8.91. The Bertz CT molecular complexity index is 1260. The van der Waals surface area contributed by atoms with Crippen LogP contribution in [0.4, 0.5) is 11.5 Å². The van der Waals surface area contributed by atoms with E-state index in [1.54, 1.807) is 17.6 Å². The Morgan fingerprint density at radius 3 is 2.42 bits per heavy atom. The zero-order valence-corrected chi connectivity index (χ0v) is 18.5. The summed E-state index contributed by atoms with van der Waals surface area (Å²) in [5, 5.41) is 9.91. The van der Waals surface area contributed by atoms with E-state index in [1.807, 2.05) is 24.5 Å². The average Bonchev–Trinajstić information content (AvgIpc) is 3.27. The van der Waals surface area contributed by atoms with Crippen LogP contribution >= 0.6 is 0 Å². The smallest absolute Gasteiger partial charge is 0.274 e. The van der Waals surface area contributed by atoms with Crippen LogP contribution in [0.15, 0.2) is 67.1 Å². The van der Waals surface area contributed by atoms with Crippen molar-refractivity contribution in [3.63, 3.8) is 0 Å². The second-order valence-corrected chi connectivity index (χ2v) is 8.32. The van der Waals surface area contributed by atoms with E-state index >= 15 is 0 Å². The number of aryl methyl sites for hydroxylation is 1. The predicted octanol–water partition coefficient (Wildman–Crippen LogP) is 3.23. The molecule has 168 valence electrons. The van der Waals surface area contributed by atoms with E-state index in [0.717, 1.165) is 48.6 Å². The maximum Gasteiger partial charge on any atom is 0.274 e. The molecule has 3 aromatic heterocycles. The van der Waals surface area contributed by atoms with Gasteiger partial charge in [0, 0.05) is 68.0 Å². The lowest BCUT2D eigenvalue weighted by Crippen LogP contribution is -2.46.